The van der Waals surface area contributed by atoms with E-state index in [4.69, 9.17) is 0 Å². The molecule has 0 aliphatic heterocycles. The van der Waals surface area contributed by atoms with Crippen molar-refractivity contribution in [3.05, 3.63) is 78.4 Å². The third kappa shape index (κ3) is 3.92. The monoisotopic (exact) mass is 406 g/mol. The highest BCUT2D eigenvalue weighted by atomic mass is 32.2. The van der Waals surface area contributed by atoms with Crippen LogP contribution in [0.2, 0.25) is 0 Å². The maximum absolute atomic E-state index is 13.2. The molecule has 148 valence electrons. The number of hydrogen-bond donors (Lipinski definition) is 2. The van der Waals surface area contributed by atoms with E-state index in [-0.39, 0.29) is 4.90 Å². The maximum Gasteiger partial charge on any atom is 0.243 e. The summed E-state index contributed by atoms with van der Waals surface area (Å²) in [4.78, 5) is 12.2. The second-order valence-corrected chi connectivity index (χ2v) is 8.65. The number of fused-ring (bicyclic) bond motifs is 1. The van der Waals surface area contributed by atoms with Crippen LogP contribution in [0.25, 0.3) is 22.2 Å². The SMILES string of the molecule is CCC(NS(=O)(=O)c1cccc2cc(C)cnc12)c1ncc(-c2ccccc2)[nH]1. The number of H-pyrrole nitrogens is 1. The van der Waals surface area contributed by atoms with Gasteiger partial charge in [-0.15, -0.1) is 0 Å². The quantitative estimate of drug-likeness (QED) is 0.498. The Labute approximate surface area is 170 Å². The highest BCUT2D eigenvalue weighted by Crippen LogP contribution is 2.25. The van der Waals surface area contributed by atoms with Gasteiger partial charge in [-0.1, -0.05) is 49.4 Å². The third-order valence-corrected chi connectivity index (χ3v) is 6.32. The van der Waals surface area contributed by atoms with Crippen LogP contribution in [0.5, 0.6) is 0 Å². The number of benzene rings is 2. The fourth-order valence-electron chi connectivity index (χ4n) is 3.32. The average Bonchev–Trinajstić information content (AvgIpc) is 3.22. The molecule has 2 N–H and O–H groups in total. The molecule has 1 atom stereocenters. The Morgan fingerprint density at radius 3 is 2.59 bits per heavy atom. The van der Waals surface area contributed by atoms with E-state index < -0.39 is 16.1 Å². The molecule has 0 aliphatic carbocycles. The van der Waals surface area contributed by atoms with Gasteiger partial charge >= 0.3 is 0 Å². The van der Waals surface area contributed by atoms with Gasteiger partial charge in [-0.05, 0) is 36.6 Å². The molecule has 2 aromatic carbocycles. The normalized spacial score (nSPS) is 12.9. The average molecular weight is 407 g/mol. The molecule has 6 nitrogen and oxygen atoms in total. The molecular formula is C22H22N4O2S. The molecule has 0 saturated carbocycles. The molecule has 4 rings (SSSR count). The van der Waals surface area contributed by atoms with E-state index in [0.717, 1.165) is 22.2 Å². The molecule has 1 unspecified atom stereocenters. The first-order chi connectivity index (χ1) is 14.0. The van der Waals surface area contributed by atoms with Crippen LogP contribution < -0.4 is 4.72 Å². The fourth-order valence-corrected chi connectivity index (χ4v) is 4.78. The summed E-state index contributed by atoms with van der Waals surface area (Å²) in [5, 5.41) is 0.797. The van der Waals surface area contributed by atoms with E-state index >= 15 is 0 Å². The van der Waals surface area contributed by atoms with Crippen molar-refractivity contribution in [2.75, 3.05) is 0 Å². The number of aryl methyl sites for hydroxylation is 1. The minimum absolute atomic E-state index is 0.170. The number of nitrogens with one attached hydrogen (secondary N) is 2. The minimum atomic E-state index is -3.79. The largest absolute Gasteiger partial charge is 0.341 e. The molecule has 0 bridgehead atoms. The van der Waals surface area contributed by atoms with Gasteiger partial charge in [0.15, 0.2) is 0 Å². The van der Waals surface area contributed by atoms with Crippen molar-refractivity contribution >= 4 is 20.9 Å². The first-order valence-corrected chi connectivity index (χ1v) is 10.9. The van der Waals surface area contributed by atoms with Gasteiger partial charge in [-0.3, -0.25) is 4.98 Å². The zero-order chi connectivity index (χ0) is 20.4. The number of hydrogen-bond acceptors (Lipinski definition) is 4. The van der Waals surface area contributed by atoms with Crippen molar-refractivity contribution in [1.82, 2.24) is 19.7 Å². The summed E-state index contributed by atoms with van der Waals surface area (Å²) in [5.74, 6) is 0.582. The van der Waals surface area contributed by atoms with Crippen LogP contribution in [0.3, 0.4) is 0 Å². The lowest BCUT2D eigenvalue weighted by Gasteiger charge is -2.16. The summed E-state index contributed by atoms with van der Waals surface area (Å²) in [6.07, 6.45) is 3.96. The van der Waals surface area contributed by atoms with Crippen molar-refractivity contribution in [3.63, 3.8) is 0 Å². The molecule has 0 saturated heterocycles. The van der Waals surface area contributed by atoms with Crippen molar-refractivity contribution in [2.45, 2.75) is 31.2 Å². The van der Waals surface area contributed by atoms with Gasteiger partial charge in [0.25, 0.3) is 0 Å². The van der Waals surface area contributed by atoms with Crippen LogP contribution in [0.4, 0.5) is 0 Å². The lowest BCUT2D eigenvalue weighted by atomic mass is 10.2. The zero-order valence-electron chi connectivity index (χ0n) is 16.3. The van der Waals surface area contributed by atoms with E-state index in [1.165, 1.54) is 0 Å². The summed E-state index contributed by atoms with van der Waals surface area (Å²) in [6, 6.07) is 16.4. The van der Waals surface area contributed by atoms with Crippen LogP contribution in [-0.4, -0.2) is 23.4 Å². The summed E-state index contributed by atoms with van der Waals surface area (Å²) in [6.45, 7) is 3.85. The smallest absolute Gasteiger partial charge is 0.243 e. The van der Waals surface area contributed by atoms with Crippen molar-refractivity contribution in [2.24, 2.45) is 0 Å². The Balaban J connectivity index is 1.66. The van der Waals surface area contributed by atoms with Crippen LogP contribution in [-0.2, 0) is 10.0 Å². The number of rotatable bonds is 6. The Kier molecular flexibility index (Phi) is 5.17. The second-order valence-electron chi connectivity index (χ2n) is 6.97. The fraction of sp³-hybridized carbons (Fsp3) is 0.182. The van der Waals surface area contributed by atoms with E-state index in [2.05, 4.69) is 19.7 Å². The lowest BCUT2D eigenvalue weighted by Crippen LogP contribution is -2.29. The Morgan fingerprint density at radius 2 is 1.83 bits per heavy atom. The molecule has 7 heteroatoms. The molecule has 2 heterocycles. The van der Waals surface area contributed by atoms with Gasteiger partial charge in [0.1, 0.15) is 10.7 Å². The number of nitrogens with zero attached hydrogens (tertiary/aromatic N) is 2. The lowest BCUT2D eigenvalue weighted by molar-refractivity contribution is 0.540. The first-order valence-electron chi connectivity index (χ1n) is 9.46. The van der Waals surface area contributed by atoms with Crippen LogP contribution in [0.1, 0.15) is 30.8 Å². The molecular weight excluding hydrogens is 384 g/mol. The number of pyridine rings is 1. The molecule has 0 fully saturated rings. The number of aromatic nitrogens is 3. The number of imidazole rings is 1. The molecule has 0 aliphatic rings. The van der Waals surface area contributed by atoms with Crippen molar-refractivity contribution < 1.29 is 8.42 Å². The van der Waals surface area contributed by atoms with Crippen molar-refractivity contribution in [3.8, 4) is 11.3 Å². The number of para-hydroxylation sites is 1. The Bertz CT molecular complexity index is 1250. The summed E-state index contributed by atoms with van der Waals surface area (Å²) in [5.41, 5.74) is 3.29. The van der Waals surface area contributed by atoms with E-state index in [0.29, 0.717) is 17.8 Å². The third-order valence-electron chi connectivity index (χ3n) is 4.82. The van der Waals surface area contributed by atoms with E-state index in [1.807, 2.05) is 56.3 Å². The van der Waals surface area contributed by atoms with Gasteiger partial charge < -0.3 is 4.98 Å². The molecule has 0 radical (unpaired) electrons. The standard InChI is InChI=1S/C22H22N4O2S/c1-3-18(22-24-14-19(25-22)16-8-5-4-6-9-16)26-29(27,28)20-11-7-10-17-12-15(2)13-23-21(17)20/h4-14,18,26H,3H2,1-2H3,(H,24,25). The maximum atomic E-state index is 13.2. The Hall–Kier alpha value is -3.03. The van der Waals surface area contributed by atoms with Gasteiger partial charge in [-0.25, -0.2) is 18.1 Å². The topological polar surface area (TPSA) is 87.7 Å². The molecule has 4 aromatic rings. The number of aromatic amines is 1. The first kappa shape index (κ1) is 19.3. The summed E-state index contributed by atoms with van der Waals surface area (Å²) in [7, 11) is -3.79. The van der Waals surface area contributed by atoms with Gasteiger partial charge in [0, 0.05) is 11.6 Å². The predicted octanol–water partition coefficient (Wildman–Crippen LogP) is 4.36. The molecule has 0 spiro atoms. The molecule has 0 amide bonds. The van der Waals surface area contributed by atoms with Crippen LogP contribution >= 0.6 is 0 Å². The van der Waals surface area contributed by atoms with Crippen LogP contribution in [0.15, 0.2) is 71.9 Å². The number of sulfonamides is 1. The van der Waals surface area contributed by atoms with Gasteiger partial charge in [0.2, 0.25) is 10.0 Å². The minimum Gasteiger partial charge on any atom is -0.341 e. The van der Waals surface area contributed by atoms with Gasteiger partial charge in [-0.2, -0.15) is 0 Å². The Morgan fingerprint density at radius 1 is 1.03 bits per heavy atom. The highest BCUT2D eigenvalue weighted by molar-refractivity contribution is 7.89. The second kappa shape index (κ2) is 7.77. The van der Waals surface area contributed by atoms with Gasteiger partial charge in [0.05, 0.1) is 23.4 Å². The highest BCUT2D eigenvalue weighted by Gasteiger charge is 2.24. The van der Waals surface area contributed by atoms with Crippen molar-refractivity contribution in [1.29, 1.82) is 0 Å². The molecule has 2 aromatic heterocycles. The van der Waals surface area contributed by atoms with Crippen LogP contribution in [0, 0.1) is 6.92 Å². The summed E-state index contributed by atoms with van der Waals surface area (Å²) < 4.78 is 29.1. The zero-order valence-corrected chi connectivity index (χ0v) is 17.1. The van der Waals surface area contributed by atoms with E-state index in [9.17, 15) is 8.42 Å². The summed E-state index contributed by atoms with van der Waals surface area (Å²) >= 11 is 0. The molecule has 29 heavy (non-hydrogen) atoms. The predicted molar refractivity (Wildman–Crippen MR) is 114 cm³/mol. The van der Waals surface area contributed by atoms with E-state index in [1.54, 1.807) is 24.5 Å².